The Morgan fingerprint density at radius 3 is 2.84 bits per heavy atom. The molecule has 4 rings (SSSR count). The lowest BCUT2D eigenvalue weighted by Gasteiger charge is -2.13. The van der Waals surface area contributed by atoms with E-state index < -0.39 is 0 Å². The summed E-state index contributed by atoms with van der Waals surface area (Å²) in [6, 6.07) is 10.2. The first-order valence-corrected chi connectivity index (χ1v) is 9.34. The molecule has 1 aliphatic rings. The van der Waals surface area contributed by atoms with Gasteiger partial charge in [-0.15, -0.1) is 16.4 Å². The highest BCUT2D eigenvalue weighted by molar-refractivity contribution is 7.15. The van der Waals surface area contributed by atoms with Gasteiger partial charge in [0.25, 0.3) is 5.91 Å². The number of carbonyl (C=O) groups is 1. The number of thiophene rings is 1. The normalized spacial score (nSPS) is 13.4. The van der Waals surface area contributed by atoms with Crippen LogP contribution in [0.25, 0.3) is 5.00 Å². The summed E-state index contributed by atoms with van der Waals surface area (Å²) in [4.78, 5) is 14.2. The third-order valence-electron chi connectivity index (χ3n) is 4.48. The van der Waals surface area contributed by atoms with Crippen molar-refractivity contribution < 1.29 is 4.79 Å². The maximum Gasteiger partial charge on any atom is 0.254 e. The van der Waals surface area contributed by atoms with Gasteiger partial charge in [0.2, 0.25) is 0 Å². The van der Waals surface area contributed by atoms with Gasteiger partial charge in [0.05, 0.1) is 5.56 Å². The Morgan fingerprint density at radius 1 is 1.20 bits per heavy atom. The van der Waals surface area contributed by atoms with Crippen LogP contribution in [-0.4, -0.2) is 32.7 Å². The van der Waals surface area contributed by atoms with Crippen LogP contribution >= 0.6 is 11.3 Å². The smallest absolute Gasteiger partial charge is 0.254 e. The van der Waals surface area contributed by atoms with Crippen molar-refractivity contribution in [3.63, 3.8) is 0 Å². The largest absolute Gasteiger partial charge is 0.352 e. The molecular formula is C18H19N5OS. The summed E-state index contributed by atoms with van der Waals surface area (Å²) in [5, 5.41) is 15.3. The van der Waals surface area contributed by atoms with Gasteiger partial charge in [0.1, 0.15) is 11.3 Å². The van der Waals surface area contributed by atoms with Crippen molar-refractivity contribution in [3.05, 3.63) is 58.2 Å². The standard InChI is InChI=1S/C18H19N5OS/c24-17(19-11-10-13-6-2-1-3-7-13)16-14-8-4-5-9-15(14)25-18(16)23-12-20-21-22-23/h1-3,6-7,12H,4-5,8-11H2,(H,19,24). The van der Waals surface area contributed by atoms with Crippen LogP contribution < -0.4 is 5.32 Å². The van der Waals surface area contributed by atoms with E-state index in [9.17, 15) is 4.79 Å². The van der Waals surface area contributed by atoms with Crippen molar-refractivity contribution in [2.24, 2.45) is 0 Å². The van der Waals surface area contributed by atoms with Crippen LogP contribution in [-0.2, 0) is 19.3 Å². The van der Waals surface area contributed by atoms with Gasteiger partial charge in [-0.2, -0.15) is 4.68 Å². The van der Waals surface area contributed by atoms with Gasteiger partial charge in [0.15, 0.2) is 0 Å². The zero-order valence-electron chi connectivity index (χ0n) is 13.8. The van der Waals surface area contributed by atoms with Gasteiger partial charge in [-0.25, -0.2) is 0 Å². The summed E-state index contributed by atoms with van der Waals surface area (Å²) >= 11 is 1.64. The number of fused-ring (bicyclic) bond motifs is 1. The SMILES string of the molecule is O=C(NCCc1ccccc1)c1c(-n2cnnn2)sc2c1CCCC2. The van der Waals surface area contributed by atoms with Crippen LogP contribution in [0.15, 0.2) is 36.7 Å². The van der Waals surface area contributed by atoms with Crippen LogP contribution in [0.2, 0.25) is 0 Å². The van der Waals surface area contributed by atoms with E-state index in [1.54, 1.807) is 22.3 Å². The maximum absolute atomic E-state index is 12.9. The van der Waals surface area contributed by atoms with Gasteiger partial charge < -0.3 is 5.32 Å². The minimum atomic E-state index is -0.0270. The Morgan fingerprint density at radius 2 is 2.04 bits per heavy atom. The fourth-order valence-corrected chi connectivity index (χ4v) is 4.56. The number of rotatable bonds is 5. The Kier molecular flexibility index (Phi) is 4.56. The Hall–Kier alpha value is -2.54. The molecule has 0 saturated heterocycles. The van der Waals surface area contributed by atoms with E-state index in [-0.39, 0.29) is 5.91 Å². The number of carbonyl (C=O) groups excluding carboxylic acids is 1. The molecule has 0 atom stereocenters. The molecule has 0 spiro atoms. The number of benzene rings is 1. The molecule has 1 aliphatic carbocycles. The minimum absolute atomic E-state index is 0.0270. The van der Waals surface area contributed by atoms with Crippen molar-refractivity contribution >= 4 is 17.2 Å². The molecule has 1 amide bonds. The minimum Gasteiger partial charge on any atom is -0.352 e. The number of hydrogen-bond acceptors (Lipinski definition) is 5. The number of hydrogen-bond donors (Lipinski definition) is 1. The van der Waals surface area contributed by atoms with Gasteiger partial charge in [-0.1, -0.05) is 30.3 Å². The molecule has 0 radical (unpaired) electrons. The molecular weight excluding hydrogens is 334 g/mol. The van der Waals surface area contributed by atoms with Crippen molar-refractivity contribution in [1.29, 1.82) is 0 Å². The van der Waals surface area contributed by atoms with E-state index in [4.69, 9.17) is 0 Å². The van der Waals surface area contributed by atoms with E-state index in [0.29, 0.717) is 6.54 Å². The second-order valence-corrected chi connectivity index (χ2v) is 7.22. The Bertz CT molecular complexity index is 857. The molecule has 2 aromatic heterocycles. The molecule has 2 heterocycles. The second-order valence-electron chi connectivity index (χ2n) is 6.14. The number of nitrogens with one attached hydrogen (secondary N) is 1. The number of nitrogens with zero attached hydrogens (tertiary/aromatic N) is 4. The zero-order chi connectivity index (χ0) is 17.1. The topological polar surface area (TPSA) is 72.7 Å². The highest BCUT2D eigenvalue weighted by Gasteiger charge is 2.26. The zero-order valence-corrected chi connectivity index (χ0v) is 14.6. The van der Waals surface area contributed by atoms with E-state index >= 15 is 0 Å². The molecule has 25 heavy (non-hydrogen) atoms. The van der Waals surface area contributed by atoms with Crippen LogP contribution in [0.4, 0.5) is 0 Å². The molecule has 7 heteroatoms. The Labute approximate surface area is 149 Å². The van der Waals surface area contributed by atoms with Gasteiger partial charge >= 0.3 is 0 Å². The molecule has 0 saturated carbocycles. The molecule has 0 bridgehead atoms. The van der Waals surface area contributed by atoms with Crippen LogP contribution in [0, 0.1) is 0 Å². The predicted molar refractivity (Wildman–Crippen MR) is 96.2 cm³/mol. The summed E-state index contributed by atoms with van der Waals surface area (Å²) in [5.74, 6) is -0.0270. The van der Waals surface area contributed by atoms with E-state index in [2.05, 4.69) is 33.0 Å². The number of amides is 1. The molecule has 128 valence electrons. The predicted octanol–water partition coefficient (Wildman–Crippen LogP) is 2.58. The van der Waals surface area contributed by atoms with E-state index in [0.717, 1.165) is 36.2 Å². The first-order valence-electron chi connectivity index (χ1n) is 8.53. The first kappa shape index (κ1) is 16.0. The lowest BCUT2D eigenvalue weighted by molar-refractivity contribution is 0.0953. The summed E-state index contributed by atoms with van der Waals surface area (Å²) in [5.41, 5.74) is 3.15. The summed E-state index contributed by atoms with van der Waals surface area (Å²) in [6.07, 6.45) is 6.67. The second kappa shape index (κ2) is 7.14. The maximum atomic E-state index is 12.9. The Balaban J connectivity index is 1.56. The van der Waals surface area contributed by atoms with Crippen LogP contribution in [0.3, 0.4) is 0 Å². The highest BCUT2D eigenvalue weighted by Crippen LogP contribution is 2.36. The number of aryl methyl sites for hydroxylation is 1. The molecule has 3 aromatic rings. The first-order chi connectivity index (χ1) is 12.3. The summed E-state index contributed by atoms with van der Waals surface area (Å²) in [6.45, 7) is 0.614. The van der Waals surface area contributed by atoms with Crippen molar-refractivity contribution in [2.45, 2.75) is 32.1 Å². The average molecular weight is 353 g/mol. The van der Waals surface area contributed by atoms with Crippen molar-refractivity contribution in [3.8, 4) is 5.00 Å². The molecule has 0 fully saturated rings. The lowest BCUT2D eigenvalue weighted by atomic mass is 9.95. The molecule has 0 unspecified atom stereocenters. The van der Waals surface area contributed by atoms with E-state index in [1.165, 1.54) is 22.4 Å². The molecule has 1 aromatic carbocycles. The summed E-state index contributed by atoms with van der Waals surface area (Å²) < 4.78 is 1.61. The third-order valence-corrected chi connectivity index (χ3v) is 5.76. The lowest BCUT2D eigenvalue weighted by Crippen LogP contribution is -2.27. The van der Waals surface area contributed by atoms with Crippen LogP contribution in [0.5, 0.6) is 0 Å². The van der Waals surface area contributed by atoms with Gasteiger partial charge in [-0.3, -0.25) is 4.79 Å². The number of tetrazole rings is 1. The van der Waals surface area contributed by atoms with Crippen LogP contribution in [0.1, 0.15) is 39.2 Å². The fourth-order valence-electron chi connectivity index (χ4n) is 3.25. The highest BCUT2D eigenvalue weighted by atomic mass is 32.1. The van der Waals surface area contributed by atoms with Crippen molar-refractivity contribution in [2.75, 3.05) is 6.54 Å². The van der Waals surface area contributed by atoms with Gasteiger partial charge in [-0.05, 0) is 53.7 Å². The molecule has 6 nitrogen and oxygen atoms in total. The molecule has 0 aliphatic heterocycles. The van der Waals surface area contributed by atoms with Gasteiger partial charge in [0, 0.05) is 11.4 Å². The van der Waals surface area contributed by atoms with E-state index in [1.807, 2.05) is 18.2 Å². The third kappa shape index (κ3) is 3.32. The van der Waals surface area contributed by atoms with Crippen molar-refractivity contribution in [1.82, 2.24) is 25.5 Å². The monoisotopic (exact) mass is 353 g/mol. The fraction of sp³-hybridized carbons (Fsp3) is 0.333. The quantitative estimate of drug-likeness (QED) is 0.765. The average Bonchev–Trinajstić information content (AvgIpc) is 3.30. The summed E-state index contributed by atoms with van der Waals surface area (Å²) in [7, 11) is 0. The number of aromatic nitrogens is 4. The molecule has 1 N–H and O–H groups in total.